The fourth-order valence-corrected chi connectivity index (χ4v) is 4.30. The number of aromatic nitrogens is 1. The molecule has 1 unspecified atom stereocenters. The van der Waals surface area contributed by atoms with Crippen LogP contribution in [0, 0.1) is 0 Å². The maximum atomic E-state index is 12.7. The number of ether oxygens (including phenoxy) is 3. The minimum atomic E-state index is -0.908. The van der Waals surface area contributed by atoms with Crippen molar-refractivity contribution in [2.24, 2.45) is 0 Å². The molecule has 2 aromatic carbocycles. The van der Waals surface area contributed by atoms with Gasteiger partial charge in [0.25, 0.3) is 0 Å². The van der Waals surface area contributed by atoms with Gasteiger partial charge in [0.05, 0.1) is 23.7 Å². The quantitative estimate of drug-likeness (QED) is 0.313. The Bertz CT molecular complexity index is 1240. The number of carbonyl (C=O) groups excluding carboxylic acids is 1. The summed E-state index contributed by atoms with van der Waals surface area (Å²) >= 11 is 6.37. The summed E-state index contributed by atoms with van der Waals surface area (Å²) in [6.07, 6.45) is 3.90. The third-order valence-corrected chi connectivity index (χ3v) is 6.15. The molecule has 0 radical (unpaired) electrons. The van der Waals surface area contributed by atoms with Crippen LogP contribution in [-0.4, -0.2) is 34.6 Å². The predicted molar refractivity (Wildman–Crippen MR) is 136 cm³/mol. The molecule has 0 saturated carbocycles. The number of hydrogen-bond acceptors (Lipinski definition) is 6. The van der Waals surface area contributed by atoms with Crippen molar-refractivity contribution in [3.63, 3.8) is 0 Å². The molecule has 0 amide bonds. The van der Waals surface area contributed by atoms with Crippen molar-refractivity contribution in [1.82, 2.24) is 4.98 Å². The van der Waals surface area contributed by atoms with Crippen molar-refractivity contribution in [3.8, 4) is 23.1 Å². The van der Waals surface area contributed by atoms with Gasteiger partial charge in [-0.2, -0.15) is 0 Å². The largest absolute Gasteiger partial charge is 0.493 e. The Hall–Kier alpha value is -3.58. The SMILES string of the molecule is CC(C)Oc1ncccc1CCCC(=O)c1ccc(Oc2cc3c(cc2Cl)C(C(=O)O)CCO3)cc1. The van der Waals surface area contributed by atoms with Crippen molar-refractivity contribution in [1.29, 1.82) is 0 Å². The van der Waals surface area contributed by atoms with Crippen LogP contribution in [0.25, 0.3) is 0 Å². The lowest BCUT2D eigenvalue weighted by Gasteiger charge is -2.24. The summed E-state index contributed by atoms with van der Waals surface area (Å²) in [6.45, 7) is 4.23. The van der Waals surface area contributed by atoms with Gasteiger partial charge in [0.1, 0.15) is 17.2 Å². The number of nitrogens with zero attached hydrogens (tertiary/aromatic N) is 1. The van der Waals surface area contributed by atoms with Crippen LogP contribution in [0.3, 0.4) is 0 Å². The summed E-state index contributed by atoms with van der Waals surface area (Å²) < 4.78 is 17.3. The monoisotopic (exact) mass is 509 g/mol. The summed E-state index contributed by atoms with van der Waals surface area (Å²) in [7, 11) is 0. The number of Topliss-reactive ketones (excluding diaryl/α,β-unsaturated/α-hetero) is 1. The van der Waals surface area contributed by atoms with Crippen molar-refractivity contribution in [2.75, 3.05) is 6.61 Å². The molecule has 1 aliphatic heterocycles. The molecule has 1 aromatic heterocycles. The van der Waals surface area contributed by atoms with Crippen LogP contribution in [0.4, 0.5) is 0 Å². The average molecular weight is 510 g/mol. The summed E-state index contributed by atoms with van der Waals surface area (Å²) in [5.74, 6) is 0.409. The number of carboxylic acid groups (broad SMARTS) is 1. The molecule has 188 valence electrons. The van der Waals surface area contributed by atoms with Gasteiger partial charge in [-0.25, -0.2) is 4.98 Å². The summed E-state index contributed by atoms with van der Waals surface area (Å²) in [5.41, 5.74) is 2.13. The Morgan fingerprint density at radius 2 is 1.97 bits per heavy atom. The molecule has 8 heteroatoms. The van der Waals surface area contributed by atoms with Gasteiger partial charge in [0.15, 0.2) is 5.78 Å². The maximum absolute atomic E-state index is 12.7. The highest BCUT2D eigenvalue weighted by Crippen LogP contribution is 2.41. The third-order valence-electron chi connectivity index (χ3n) is 5.85. The number of carbonyl (C=O) groups is 2. The van der Waals surface area contributed by atoms with Gasteiger partial charge in [0.2, 0.25) is 5.88 Å². The first-order valence-corrected chi connectivity index (χ1v) is 12.3. The van der Waals surface area contributed by atoms with E-state index in [-0.39, 0.29) is 11.9 Å². The van der Waals surface area contributed by atoms with Crippen molar-refractivity contribution >= 4 is 23.4 Å². The van der Waals surface area contributed by atoms with E-state index < -0.39 is 11.9 Å². The molecule has 7 nitrogen and oxygen atoms in total. The zero-order valence-electron chi connectivity index (χ0n) is 20.2. The number of halogens is 1. The van der Waals surface area contributed by atoms with Crippen LogP contribution in [0.2, 0.25) is 5.02 Å². The molecule has 1 N–H and O–H groups in total. The van der Waals surface area contributed by atoms with Crippen LogP contribution < -0.4 is 14.2 Å². The van der Waals surface area contributed by atoms with E-state index in [4.69, 9.17) is 25.8 Å². The van der Waals surface area contributed by atoms with Gasteiger partial charge in [-0.1, -0.05) is 17.7 Å². The number of benzene rings is 2. The number of aryl methyl sites for hydroxylation is 1. The minimum absolute atomic E-state index is 0.0337. The molecule has 0 bridgehead atoms. The second-order valence-electron chi connectivity index (χ2n) is 8.89. The smallest absolute Gasteiger partial charge is 0.311 e. The lowest BCUT2D eigenvalue weighted by atomic mass is 9.93. The van der Waals surface area contributed by atoms with E-state index in [1.165, 1.54) is 0 Å². The zero-order chi connectivity index (χ0) is 25.7. The Balaban J connectivity index is 1.36. The van der Waals surface area contributed by atoms with Crippen molar-refractivity contribution in [3.05, 3.63) is 76.4 Å². The minimum Gasteiger partial charge on any atom is -0.493 e. The number of fused-ring (bicyclic) bond motifs is 1. The molecule has 0 saturated heterocycles. The van der Waals surface area contributed by atoms with E-state index in [2.05, 4.69) is 4.98 Å². The van der Waals surface area contributed by atoms with Gasteiger partial charge < -0.3 is 19.3 Å². The summed E-state index contributed by atoms with van der Waals surface area (Å²) in [5, 5.41) is 9.73. The fraction of sp³-hybridized carbons (Fsp3) is 0.321. The van der Waals surface area contributed by atoms with Gasteiger partial charge in [-0.05, 0) is 69.5 Å². The molecule has 4 rings (SSSR count). The first kappa shape index (κ1) is 25.5. The summed E-state index contributed by atoms with van der Waals surface area (Å²) in [6, 6.07) is 13.9. The molecular formula is C28H28ClNO6. The van der Waals surface area contributed by atoms with Crippen molar-refractivity contribution < 1.29 is 28.9 Å². The average Bonchev–Trinajstić information content (AvgIpc) is 2.85. The molecule has 0 fully saturated rings. The van der Waals surface area contributed by atoms with Gasteiger partial charge in [0, 0.05) is 35.4 Å². The number of rotatable bonds is 10. The van der Waals surface area contributed by atoms with E-state index in [9.17, 15) is 14.7 Å². The maximum Gasteiger partial charge on any atom is 0.311 e. The highest BCUT2D eigenvalue weighted by molar-refractivity contribution is 6.32. The molecule has 0 spiro atoms. The molecule has 1 atom stereocenters. The zero-order valence-corrected chi connectivity index (χ0v) is 21.0. The third kappa shape index (κ3) is 6.15. The highest BCUT2D eigenvalue weighted by Gasteiger charge is 2.29. The number of ketones is 1. The lowest BCUT2D eigenvalue weighted by molar-refractivity contribution is -0.139. The number of aliphatic carboxylic acids is 1. The number of pyridine rings is 1. The van der Waals surface area contributed by atoms with Crippen LogP contribution >= 0.6 is 11.6 Å². The summed E-state index contributed by atoms with van der Waals surface area (Å²) in [4.78, 5) is 28.5. The second-order valence-corrected chi connectivity index (χ2v) is 9.29. The lowest BCUT2D eigenvalue weighted by Crippen LogP contribution is -2.20. The first-order valence-electron chi connectivity index (χ1n) is 11.9. The molecule has 2 heterocycles. The van der Waals surface area contributed by atoms with Crippen molar-refractivity contribution in [2.45, 2.75) is 51.6 Å². The van der Waals surface area contributed by atoms with Crippen LogP contribution in [0.5, 0.6) is 23.1 Å². The number of hydrogen-bond donors (Lipinski definition) is 1. The van der Waals surface area contributed by atoms with Crippen LogP contribution in [0.1, 0.15) is 60.5 Å². The number of carboxylic acids is 1. The van der Waals surface area contributed by atoms with E-state index in [1.807, 2.05) is 26.0 Å². The van der Waals surface area contributed by atoms with Gasteiger partial charge in [-0.15, -0.1) is 0 Å². The van der Waals surface area contributed by atoms with Crippen LogP contribution in [0.15, 0.2) is 54.7 Å². The Morgan fingerprint density at radius 1 is 1.19 bits per heavy atom. The Labute approximate surface area is 215 Å². The molecular weight excluding hydrogens is 482 g/mol. The predicted octanol–water partition coefficient (Wildman–Crippen LogP) is 6.47. The molecule has 1 aliphatic rings. The molecule has 3 aromatic rings. The second kappa shape index (κ2) is 11.4. The Morgan fingerprint density at radius 3 is 2.69 bits per heavy atom. The molecule has 0 aliphatic carbocycles. The van der Waals surface area contributed by atoms with E-state index in [0.29, 0.717) is 71.6 Å². The van der Waals surface area contributed by atoms with Crippen LogP contribution in [-0.2, 0) is 11.2 Å². The first-order chi connectivity index (χ1) is 17.3. The standard InChI is InChI=1S/C28H28ClNO6/c1-17(2)35-27-19(6-4-13-30-27)5-3-7-24(31)18-8-10-20(11-9-18)36-26-16-25-22(15-23(26)29)21(28(32)33)12-14-34-25/h4,6,8-11,13,15-17,21H,3,5,7,12,14H2,1-2H3,(H,32,33). The highest BCUT2D eigenvalue weighted by atomic mass is 35.5. The fourth-order valence-electron chi connectivity index (χ4n) is 4.09. The normalized spacial score (nSPS) is 14.6. The van der Waals surface area contributed by atoms with E-state index in [0.717, 1.165) is 5.56 Å². The van der Waals surface area contributed by atoms with Gasteiger partial charge >= 0.3 is 5.97 Å². The Kier molecular flexibility index (Phi) is 8.10. The molecule has 36 heavy (non-hydrogen) atoms. The topological polar surface area (TPSA) is 95.0 Å². The van der Waals surface area contributed by atoms with Gasteiger partial charge in [-0.3, -0.25) is 9.59 Å². The van der Waals surface area contributed by atoms with E-state index >= 15 is 0 Å². The van der Waals surface area contributed by atoms with E-state index in [1.54, 1.807) is 42.6 Å².